The number of ether oxygens (including phenoxy) is 1. The van der Waals surface area contributed by atoms with E-state index in [9.17, 15) is 4.79 Å². The third kappa shape index (κ3) is 2.55. The van der Waals surface area contributed by atoms with Crippen molar-refractivity contribution in [3.05, 3.63) is 36.2 Å². The van der Waals surface area contributed by atoms with Crippen molar-refractivity contribution >= 4 is 16.8 Å². The van der Waals surface area contributed by atoms with Crippen molar-refractivity contribution in [2.24, 2.45) is 7.05 Å². The number of pyridine rings is 2. The first-order valence-electron chi connectivity index (χ1n) is 6.90. The van der Waals surface area contributed by atoms with Crippen LogP contribution in [0.3, 0.4) is 0 Å². The van der Waals surface area contributed by atoms with E-state index in [-0.39, 0.29) is 5.78 Å². The Balaban J connectivity index is 2.13. The third-order valence-corrected chi connectivity index (χ3v) is 3.41. The van der Waals surface area contributed by atoms with E-state index in [4.69, 9.17) is 4.74 Å². The van der Waals surface area contributed by atoms with Gasteiger partial charge in [0.15, 0.2) is 5.65 Å². The zero-order valence-corrected chi connectivity index (χ0v) is 12.7. The van der Waals surface area contributed by atoms with Gasteiger partial charge in [-0.25, -0.2) is 14.6 Å². The second-order valence-electron chi connectivity index (χ2n) is 5.15. The lowest BCUT2D eigenvalue weighted by molar-refractivity contribution is -0.116. The van der Waals surface area contributed by atoms with E-state index in [1.165, 1.54) is 0 Å². The van der Waals surface area contributed by atoms with E-state index in [2.05, 4.69) is 15.1 Å². The normalized spacial score (nSPS) is 10.9. The lowest BCUT2D eigenvalue weighted by Crippen LogP contribution is -1.97. The Morgan fingerprint density at radius 2 is 2.09 bits per heavy atom. The monoisotopic (exact) mass is 296 g/mol. The van der Waals surface area contributed by atoms with Gasteiger partial charge in [-0.05, 0) is 24.6 Å². The highest BCUT2D eigenvalue weighted by molar-refractivity contribution is 5.92. The van der Waals surface area contributed by atoms with Crippen LogP contribution in [0, 0.1) is 0 Å². The molecule has 0 fully saturated rings. The molecule has 0 aromatic carbocycles. The minimum absolute atomic E-state index is 0.109. The smallest absolute Gasteiger partial charge is 0.212 e. The van der Waals surface area contributed by atoms with Crippen molar-refractivity contribution in [3.63, 3.8) is 0 Å². The molecule has 0 spiro atoms. The highest BCUT2D eigenvalue weighted by Crippen LogP contribution is 2.27. The van der Waals surface area contributed by atoms with Gasteiger partial charge < -0.3 is 4.74 Å². The van der Waals surface area contributed by atoms with E-state index >= 15 is 0 Å². The van der Waals surface area contributed by atoms with E-state index in [1.807, 2.05) is 19.2 Å². The molecular formula is C16H16N4O2. The molecule has 0 unspecified atom stereocenters. The van der Waals surface area contributed by atoms with Gasteiger partial charge in [0.1, 0.15) is 11.5 Å². The van der Waals surface area contributed by atoms with E-state index < -0.39 is 0 Å². The molecule has 22 heavy (non-hydrogen) atoms. The van der Waals surface area contributed by atoms with Crippen molar-refractivity contribution in [1.82, 2.24) is 19.7 Å². The summed E-state index contributed by atoms with van der Waals surface area (Å²) < 4.78 is 6.80. The van der Waals surface area contributed by atoms with Crippen LogP contribution in [0.15, 0.2) is 30.6 Å². The number of Topliss-reactive ketones (excluding diaryl/α,β-unsaturated/α-hetero) is 1. The molecule has 3 rings (SSSR count). The van der Waals surface area contributed by atoms with Crippen LogP contribution in [0.2, 0.25) is 0 Å². The number of fused-ring (bicyclic) bond motifs is 1. The quantitative estimate of drug-likeness (QED) is 0.738. The summed E-state index contributed by atoms with van der Waals surface area (Å²) in [6.07, 6.45) is 3.82. The number of carbonyl (C=O) groups excluding carboxylic acids is 1. The largest absolute Gasteiger partial charge is 0.481 e. The number of hydrogen-bond donors (Lipinski definition) is 0. The van der Waals surface area contributed by atoms with Gasteiger partial charge in [-0.1, -0.05) is 0 Å². The molecule has 0 atom stereocenters. The van der Waals surface area contributed by atoms with Crippen molar-refractivity contribution in [2.45, 2.75) is 13.3 Å². The van der Waals surface area contributed by atoms with E-state index in [0.29, 0.717) is 12.3 Å². The molecule has 0 bridgehead atoms. The number of nitrogens with zero attached hydrogens (tertiary/aromatic N) is 4. The molecule has 3 aromatic rings. The highest BCUT2D eigenvalue weighted by atomic mass is 16.5. The van der Waals surface area contributed by atoms with Crippen LogP contribution < -0.4 is 4.74 Å². The summed E-state index contributed by atoms with van der Waals surface area (Å²) in [5.74, 6) is 0.664. The second kappa shape index (κ2) is 5.55. The molecule has 3 aromatic heterocycles. The van der Waals surface area contributed by atoms with Crippen molar-refractivity contribution in [1.29, 1.82) is 0 Å². The Labute approximate surface area is 127 Å². The van der Waals surface area contributed by atoms with E-state index in [1.54, 1.807) is 37.2 Å². The maximum atomic E-state index is 11.3. The molecule has 112 valence electrons. The molecular weight excluding hydrogens is 280 g/mol. The summed E-state index contributed by atoms with van der Waals surface area (Å²) in [5, 5.41) is 5.43. The number of rotatable bonds is 4. The number of hydrogen-bond acceptors (Lipinski definition) is 5. The molecule has 0 saturated heterocycles. The standard InChI is InChI=1S/C16H16N4O2/c1-10(21)6-11-7-13-15(19-20(2)16(13)18-8-11)12-4-5-14(22-3)17-9-12/h4-5,7-9H,6H2,1-3H3. The Morgan fingerprint density at radius 1 is 1.27 bits per heavy atom. The Morgan fingerprint density at radius 3 is 2.73 bits per heavy atom. The minimum Gasteiger partial charge on any atom is -0.481 e. The average Bonchev–Trinajstić information content (AvgIpc) is 2.83. The number of methoxy groups -OCH3 is 1. The molecule has 0 aliphatic carbocycles. The molecule has 0 aliphatic rings. The number of ketones is 1. The first-order valence-corrected chi connectivity index (χ1v) is 6.90. The fourth-order valence-corrected chi connectivity index (χ4v) is 2.42. The summed E-state index contributed by atoms with van der Waals surface area (Å²) in [6, 6.07) is 5.67. The molecule has 0 aliphatic heterocycles. The minimum atomic E-state index is 0.109. The zero-order chi connectivity index (χ0) is 15.7. The summed E-state index contributed by atoms with van der Waals surface area (Å²) in [6.45, 7) is 1.57. The van der Waals surface area contributed by atoms with Crippen LogP contribution in [0.1, 0.15) is 12.5 Å². The zero-order valence-electron chi connectivity index (χ0n) is 12.7. The Bertz CT molecular complexity index is 837. The topological polar surface area (TPSA) is 69.9 Å². The SMILES string of the molecule is COc1ccc(-c2nn(C)c3ncc(CC(C)=O)cc23)cn1. The van der Waals surface area contributed by atoms with Crippen molar-refractivity contribution in [2.75, 3.05) is 7.11 Å². The van der Waals surface area contributed by atoms with Gasteiger partial charge in [0.25, 0.3) is 0 Å². The molecule has 3 heterocycles. The predicted molar refractivity (Wildman–Crippen MR) is 82.7 cm³/mol. The summed E-state index contributed by atoms with van der Waals surface area (Å²) in [7, 11) is 3.43. The molecule has 6 heteroatoms. The van der Waals surface area contributed by atoms with Crippen molar-refractivity contribution in [3.8, 4) is 17.1 Å². The fraction of sp³-hybridized carbons (Fsp3) is 0.250. The molecule has 0 saturated carbocycles. The third-order valence-electron chi connectivity index (χ3n) is 3.41. The van der Waals surface area contributed by atoms with E-state index in [0.717, 1.165) is 27.9 Å². The van der Waals surface area contributed by atoms with Gasteiger partial charge in [-0.2, -0.15) is 5.10 Å². The Hall–Kier alpha value is -2.76. The lowest BCUT2D eigenvalue weighted by atomic mass is 10.1. The lowest BCUT2D eigenvalue weighted by Gasteiger charge is -2.01. The summed E-state index contributed by atoms with van der Waals surface area (Å²) in [4.78, 5) is 19.9. The number of aromatic nitrogens is 4. The van der Waals surface area contributed by atoms with Crippen molar-refractivity contribution < 1.29 is 9.53 Å². The number of aryl methyl sites for hydroxylation is 1. The van der Waals surface area contributed by atoms with Crippen LogP contribution in [0.25, 0.3) is 22.3 Å². The Kier molecular flexibility index (Phi) is 3.58. The molecule has 0 radical (unpaired) electrons. The average molecular weight is 296 g/mol. The molecule has 6 nitrogen and oxygen atoms in total. The van der Waals surface area contributed by atoms with Crippen LogP contribution in [0.4, 0.5) is 0 Å². The maximum absolute atomic E-state index is 11.3. The maximum Gasteiger partial charge on any atom is 0.212 e. The van der Waals surface area contributed by atoms with Gasteiger partial charge in [0, 0.05) is 42.9 Å². The van der Waals surface area contributed by atoms with Gasteiger partial charge in [-0.3, -0.25) is 4.79 Å². The first-order chi connectivity index (χ1) is 10.6. The van der Waals surface area contributed by atoms with Crippen LogP contribution in [-0.2, 0) is 18.3 Å². The van der Waals surface area contributed by atoms with Crippen LogP contribution in [-0.4, -0.2) is 32.6 Å². The second-order valence-corrected chi connectivity index (χ2v) is 5.15. The summed E-state index contributed by atoms with van der Waals surface area (Å²) in [5.41, 5.74) is 3.34. The predicted octanol–water partition coefficient (Wildman–Crippen LogP) is 2.17. The first kappa shape index (κ1) is 14.2. The van der Waals surface area contributed by atoms with Gasteiger partial charge in [0.05, 0.1) is 7.11 Å². The molecule has 0 N–H and O–H groups in total. The van der Waals surface area contributed by atoms with Gasteiger partial charge >= 0.3 is 0 Å². The highest BCUT2D eigenvalue weighted by Gasteiger charge is 2.13. The molecule has 0 amide bonds. The van der Waals surface area contributed by atoms with Gasteiger partial charge in [0.2, 0.25) is 5.88 Å². The van der Waals surface area contributed by atoms with Crippen LogP contribution in [0.5, 0.6) is 5.88 Å². The number of carbonyl (C=O) groups is 1. The van der Waals surface area contributed by atoms with Gasteiger partial charge in [-0.15, -0.1) is 0 Å². The summed E-state index contributed by atoms with van der Waals surface area (Å²) >= 11 is 0. The van der Waals surface area contributed by atoms with Crippen LogP contribution >= 0.6 is 0 Å². The fourth-order valence-electron chi connectivity index (χ4n) is 2.42.